The third-order valence-electron chi connectivity index (χ3n) is 2.19. The standard InChI is InChI=1S/C11H16O3/c1-4-10(12)9-6-5-8(13-2)7-11(9)14-3/h5-7,10,12H,4H2,1-3H3/t10-/m0/s1. The molecule has 3 nitrogen and oxygen atoms in total. The zero-order valence-corrected chi connectivity index (χ0v) is 8.78. The summed E-state index contributed by atoms with van der Waals surface area (Å²) in [5, 5.41) is 9.68. The van der Waals surface area contributed by atoms with Crippen LogP contribution in [0.25, 0.3) is 0 Å². The van der Waals surface area contributed by atoms with Gasteiger partial charge in [-0.2, -0.15) is 0 Å². The fourth-order valence-corrected chi connectivity index (χ4v) is 1.31. The topological polar surface area (TPSA) is 38.7 Å². The average molecular weight is 196 g/mol. The fraction of sp³-hybridized carbons (Fsp3) is 0.455. The van der Waals surface area contributed by atoms with Gasteiger partial charge in [0.25, 0.3) is 0 Å². The van der Waals surface area contributed by atoms with Gasteiger partial charge in [-0.1, -0.05) is 6.92 Å². The van der Waals surface area contributed by atoms with E-state index in [1.54, 1.807) is 20.3 Å². The van der Waals surface area contributed by atoms with Gasteiger partial charge in [-0.05, 0) is 18.6 Å². The number of hydrogen-bond acceptors (Lipinski definition) is 3. The second kappa shape index (κ2) is 4.86. The Hall–Kier alpha value is -1.22. The van der Waals surface area contributed by atoms with E-state index in [9.17, 15) is 5.11 Å². The maximum Gasteiger partial charge on any atom is 0.128 e. The monoisotopic (exact) mass is 196 g/mol. The zero-order chi connectivity index (χ0) is 10.6. The molecule has 0 amide bonds. The zero-order valence-electron chi connectivity index (χ0n) is 8.78. The first-order valence-electron chi connectivity index (χ1n) is 4.63. The quantitative estimate of drug-likeness (QED) is 0.801. The summed E-state index contributed by atoms with van der Waals surface area (Å²) in [5.74, 6) is 1.40. The molecule has 0 aliphatic heterocycles. The van der Waals surface area contributed by atoms with E-state index in [4.69, 9.17) is 9.47 Å². The highest BCUT2D eigenvalue weighted by Crippen LogP contribution is 2.30. The van der Waals surface area contributed by atoms with Crippen molar-refractivity contribution in [1.29, 1.82) is 0 Å². The number of aliphatic hydroxyl groups is 1. The van der Waals surface area contributed by atoms with Crippen LogP contribution >= 0.6 is 0 Å². The molecule has 1 atom stereocenters. The summed E-state index contributed by atoms with van der Waals surface area (Å²) in [6.07, 6.45) is 0.193. The van der Waals surface area contributed by atoms with E-state index in [2.05, 4.69) is 0 Å². The lowest BCUT2D eigenvalue weighted by Gasteiger charge is -2.13. The molecule has 0 heterocycles. The van der Waals surface area contributed by atoms with Crippen molar-refractivity contribution in [3.05, 3.63) is 23.8 Å². The minimum absolute atomic E-state index is 0.476. The molecule has 0 bridgehead atoms. The number of methoxy groups -OCH3 is 2. The molecule has 1 rings (SSSR count). The van der Waals surface area contributed by atoms with Gasteiger partial charge in [-0.15, -0.1) is 0 Å². The molecule has 0 aliphatic rings. The Morgan fingerprint density at radius 1 is 1.29 bits per heavy atom. The minimum atomic E-state index is -0.476. The van der Waals surface area contributed by atoms with Crippen LogP contribution in [0.2, 0.25) is 0 Å². The first kappa shape index (κ1) is 10.9. The lowest BCUT2D eigenvalue weighted by molar-refractivity contribution is 0.169. The summed E-state index contributed by atoms with van der Waals surface area (Å²) in [7, 11) is 3.19. The normalized spacial score (nSPS) is 12.3. The van der Waals surface area contributed by atoms with Crippen LogP contribution in [0.4, 0.5) is 0 Å². The molecule has 0 saturated carbocycles. The molecule has 14 heavy (non-hydrogen) atoms. The van der Waals surface area contributed by atoms with Crippen molar-refractivity contribution in [2.24, 2.45) is 0 Å². The predicted molar refractivity (Wildman–Crippen MR) is 54.8 cm³/mol. The van der Waals surface area contributed by atoms with Crippen LogP contribution in [0.15, 0.2) is 18.2 Å². The molecule has 0 saturated heterocycles. The second-order valence-corrected chi connectivity index (χ2v) is 3.03. The molecular formula is C11H16O3. The van der Waals surface area contributed by atoms with Crippen molar-refractivity contribution in [1.82, 2.24) is 0 Å². The molecule has 1 aromatic carbocycles. The smallest absolute Gasteiger partial charge is 0.128 e. The van der Waals surface area contributed by atoms with Crippen molar-refractivity contribution in [3.63, 3.8) is 0 Å². The third-order valence-corrected chi connectivity index (χ3v) is 2.19. The molecule has 1 N–H and O–H groups in total. The molecule has 0 aromatic heterocycles. The molecule has 0 radical (unpaired) electrons. The van der Waals surface area contributed by atoms with E-state index >= 15 is 0 Å². The Bertz CT molecular complexity index is 297. The number of rotatable bonds is 4. The summed E-state index contributed by atoms with van der Waals surface area (Å²) in [6.45, 7) is 1.92. The van der Waals surface area contributed by atoms with E-state index in [0.29, 0.717) is 12.2 Å². The Morgan fingerprint density at radius 2 is 2.00 bits per heavy atom. The highest BCUT2D eigenvalue weighted by atomic mass is 16.5. The molecule has 1 aromatic rings. The van der Waals surface area contributed by atoms with Crippen LogP contribution in [-0.2, 0) is 0 Å². The van der Waals surface area contributed by atoms with E-state index in [1.165, 1.54) is 0 Å². The van der Waals surface area contributed by atoms with Gasteiger partial charge in [0.1, 0.15) is 11.5 Å². The van der Waals surface area contributed by atoms with Gasteiger partial charge in [0.15, 0.2) is 0 Å². The molecular weight excluding hydrogens is 180 g/mol. The molecule has 0 aliphatic carbocycles. The van der Waals surface area contributed by atoms with Gasteiger partial charge in [0.05, 0.1) is 20.3 Å². The lowest BCUT2D eigenvalue weighted by atomic mass is 10.1. The van der Waals surface area contributed by atoms with Crippen LogP contribution in [0.3, 0.4) is 0 Å². The van der Waals surface area contributed by atoms with Gasteiger partial charge < -0.3 is 14.6 Å². The largest absolute Gasteiger partial charge is 0.497 e. The van der Waals surface area contributed by atoms with Crippen LogP contribution < -0.4 is 9.47 Å². The van der Waals surface area contributed by atoms with Gasteiger partial charge >= 0.3 is 0 Å². The Labute approximate surface area is 84.3 Å². The molecule has 3 heteroatoms. The van der Waals surface area contributed by atoms with Crippen molar-refractivity contribution in [2.45, 2.75) is 19.4 Å². The van der Waals surface area contributed by atoms with Crippen molar-refractivity contribution < 1.29 is 14.6 Å². The van der Waals surface area contributed by atoms with Gasteiger partial charge in [-0.25, -0.2) is 0 Å². The number of benzene rings is 1. The number of hydrogen-bond donors (Lipinski definition) is 1. The van der Waals surface area contributed by atoms with Gasteiger partial charge in [0, 0.05) is 11.6 Å². The molecule has 78 valence electrons. The highest BCUT2D eigenvalue weighted by molar-refractivity contribution is 5.41. The second-order valence-electron chi connectivity index (χ2n) is 3.03. The van der Waals surface area contributed by atoms with Crippen molar-refractivity contribution in [2.75, 3.05) is 14.2 Å². The van der Waals surface area contributed by atoms with Crippen LogP contribution in [0.1, 0.15) is 25.0 Å². The third kappa shape index (κ3) is 2.17. The van der Waals surface area contributed by atoms with Crippen LogP contribution in [-0.4, -0.2) is 19.3 Å². The summed E-state index contributed by atoms with van der Waals surface area (Å²) >= 11 is 0. The molecule has 0 unspecified atom stereocenters. The summed E-state index contributed by atoms with van der Waals surface area (Å²) in [6, 6.07) is 5.41. The predicted octanol–water partition coefficient (Wildman–Crippen LogP) is 2.15. The average Bonchev–Trinajstić information content (AvgIpc) is 2.27. The van der Waals surface area contributed by atoms with Gasteiger partial charge in [-0.3, -0.25) is 0 Å². The Kier molecular flexibility index (Phi) is 3.77. The summed E-state index contributed by atoms with van der Waals surface area (Å²) in [4.78, 5) is 0. The minimum Gasteiger partial charge on any atom is -0.497 e. The maximum absolute atomic E-state index is 9.68. The maximum atomic E-state index is 9.68. The summed E-state index contributed by atoms with van der Waals surface area (Å²) in [5.41, 5.74) is 0.802. The number of aliphatic hydroxyl groups excluding tert-OH is 1. The highest BCUT2D eigenvalue weighted by Gasteiger charge is 2.11. The van der Waals surface area contributed by atoms with Crippen molar-refractivity contribution >= 4 is 0 Å². The lowest BCUT2D eigenvalue weighted by Crippen LogP contribution is -1.99. The van der Waals surface area contributed by atoms with E-state index in [-0.39, 0.29) is 0 Å². The first-order chi connectivity index (χ1) is 6.72. The van der Waals surface area contributed by atoms with Crippen molar-refractivity contribution in [3.8, 4) is 11.5 Å². The van der Waals surface area contributed by atoms with Gasteiger partial charge in [0.2, 0.25) is 0 Å². The number of ether oxygens (including phenoxy) is 2. The van der Waals surface area contributed by atoms with E-state index < -0.39 is 6.10 Å². The van der Waals surface area contributed by atoms with Crippen LogP contribution in [0, 0.1) is 0 Å². The van der Waals surface area contributed by atoms with E-state index in [0.717, 1.165) is 11.3 Å². The summed E-state index contributed by atoms with van der Waals surface area (Å²) < 4.78 is 10.2. The SMILES string of the molecule is CC[C@H](O)c1ccc(OC)cc1OC. The molecule has 0 spiro atoms. The van der Waals surface area contributed by atoms with E-state index in [1.807, 2.05) is 19.1 Å². The Morgan fingerprint density at radius 3 is 2.50 bits per heavy atom. The molecule has 0 fully saturated rings. The Balaban J connectivity index is 3.04. The van der Waals surface area contributed by atoms with Crippen LogP contribution in [0.5, 0.6) is 11.5 Å². The fourth-order valence-electron chi connectivity index (χ4n) is 1.31. The first-order valence-corrected chi connectivity index (χ1v) is 4.63.